The molecule has 1 aliphatic rings. The van der Waals surface area contributed by atoms with Crippen LogP contribution in [0.5, 0.6) is 0 Å². The molecule has 0 heterocycles. The van der Waals surface area contributed by atoms with E-state index in [1.807, 2.05) is 6.92 Å². The lowest BCUT2D eigenvalue weighted by atomic mass is 9.69. The number of carbonyl (C=O) groups excluding carboxylic acids is 1. The van der Waals surface area contributed by atoms with Gasteiger partial charge in [0.25, 0.3) is 0 Å². The summed E-state index contributed by atoms with van der Waals surface area (Å²) in [7, 11) is 1.47. The molecule has 0 aliphatic heterocycles. The number of rotatable bonds is 1. The molecule has 12 heavy (non-hydrogen) atoms. The summed E-state index contributed by atoms with van der Waals surface area (Å²) >= 11 is 0. The molecule has 1 rings (SSSR count). The van der Waals surface area contributed by atoms with Crippen molar-refractivity contribution >= 4 is 5.97 Å². The monoisotopic (exact) mass is 170 g/mol. The second kappa shape index (κ2) is 2.75. The van der Waals surface area contributed by atoms with Gasteiger partial charge in [0, 0.05) is 0 Å². The molecule has 0 bridgehead atoms. The summed E-state index contributed by atoms with van der Waals surface area (Å²) in [6.07, 6.45) is 3.23. The van der Waals surface area contributed by atoms with Crippen LogP contribution in [-0.4, -0.2) is 13.1 Å². The van der Waals surface area contributed by atoms with Gasteiger partial charge in [0.2, 0.25) is 0 Å². The van der Waals surface area contributed by atoms with Gasteiger partial charge in [-0.1, -0.05) is 20.3 Å². The highest BCUT2D eigenvalue weighted by atomic mass is 16.5. The molecule has 1 atom stereocenters. The quantitative estimate of drug-likeness (QED) is 0.565. The van der Waals surface area contributed by atoms with Crippen LogP contribution in [0.25, 0.3) is 0 Å². The van der Waals surface area contributed by atoms with Gasteiger partial charge in [0.15, 0.2) is 0 Å². The van der Waals surface area contributed by atoms with Gasteiger partial charge in [-0.2, -0.15) is 0 Å². The first-order valence-corrected chi connectivity index (χ1v) is 4.52. The molecule has 0 saturated heterocycles. The molecule has 0 aromatic rings. The Bertz CT molecular complexity index is 196. The lowest BCUT2D eigenvalue weighted by Crippen LogP contribution is -2.38. The summed E-state index contributed by atoms with van der Waals surface area (Å²) in [5.74, 6) is -0.0509. The number of esters is 1. The SMILES string of the molecule is COC(=O)C1(C)CCCC1(C)C. The maximum absolute atomic E-state index is 11.5. The highest BCUT2D eigenvalue weighted by molar-refractivity contribution is 5.77. The Morgan fingerprint density at radius 2 is 1.83 bits per heavy atom. The second-order valence-corrected chi connectivity index (χ2v) is 4.56. The van der Waals surface area contributed by atoms with E-state index < -0.39 is 0 Å². The molecule has 1 aliphatic carbocycles. The molecular formula is C10H18O2. The van der Waals surface area contributed by atoms with E-state index in [1.54, 1.807) is 0 Å². The first-order chi connectivity index (χ1) is 5.44. The zero-order chi connectivity index (χ0) is 9.41. The molecule has 2 nitrogen and oxygen atoms in total. The molecule has 70 valence electrons. The molecule has 0 aromatic heterocycles. The summed E-state index contributed by atoms with van der Waals surface area (Å²) in [6.45, 7) is 6.32. The van der Waals surface area contributed by atoms with Gasteiger partial charge < -0.3 is 4.74 Å². The average molecular weight is 170 g/mol. The largest absolute Gasteiger partial charge is 0.469 e. The normalized spacial score (nSPS) is 33.3. The van der Waals surface area contributed by atoms with Crippen LogP contribution in [-0.2, 0) is 9.53 Å². The van der Waals surface area contributed by atoms with E-state index in [4.69, 9.17) is 4.74 Å². The molecule has 0 N–H and O–H groups in total. The fraction of sp³-hybridized carbons (Fsp3) is 0.900. The Balaban J connectivity index is 2.90. The van der Waals surface area contributed by atoms with Crippen molar-refractivity contribution < 1.29 is 9.53 Å². The van der Waals surface area contributed by atoms with Gasteiger partial charge in [-0.3, -0.25) is 4.79 Å². The van der Waals surface area contributed by atoms with Crippen molar-refractivity contribution in [3.05, 3.63) is 0 Å². The van der Waals surface area contributed by atoms with Crippen LogP contribution in [0.1, 0.15) is 40.0 Å². The summed E-state index contributed by atoms with van der Waals surface area (Å²) in [5.41, 5.74) is -0.165. The van der Waals surface area contributed by atoms with Gasteiger partial charge in [-0.15, -0.1) is 0 Å². The number of hydrogen-bond acceptors (Lipinski definition) is 2. The van der Waals surface area contributed by atoms with Crippen molar-refractivity contribution in [2.75, 3.05) is 7.11 Å². The summed E-state index contributed by atoms with van der Waals surface area (Å²) in [6, 6.07) is 0. The molecule has 1 saturated carbocycles. The van der Waals surface area contributed by atoms with Crippen molar-refractivity contribution in [2.45, 2.75) is 40.0 Å². The number of methoxy groups -OCH3 is 1. The van der Waals surface area contributed by atoms with E-state index >= 15 is 0 Å². The molecule has 0 amide bonds. The molecular weight excluding hydrogens is 152 g/mol. The van der Waals surface area contributed by atoms with Crippen molar-refractivity contribution in [2.24, 2.45) is 10.8 Å². The molecule has 0 spiro atoms. The lowest BCUT2D eigenvalue weighted by molar-refractivity contribution is -0.157. The highest BCUT2D eigenvalue weighted by Crippen LogP contribution is 2.52. The van der Waals surface area contributed by atoms with Crippen molar-refractivity contribution in [1.29, 1.82) is 0 Å². The van der Waals surface area contributed by atoms with Gasteiger partial charge >= 0.3 is 5.97 Å². The number of ether oxygens (including phenoxy) is 1. The zero-order valence-electron chi connectivity index (χ0n) is 8.44. The van der Waals surface area contributed by atoms with Crippen LogP contribution >= 0.6 is 0 Å². The van der Waals surface area contributed by atoms with E-state index in [-0.39, 0.29) is 16.8 Å². The Morgan fingerprint density at radius 1 is 1.25 bits per heavy atom. The van der Waals surface area contributed by atoms with E-state index in [1.165, 1.54) is 7.11 Å². The minimum atomic E-state index is -0.262. The minimum absolute atomic E-state index is 0.0509. The van der Waals surface area contributed by atoms with Crippen molar-refractivity contribution in [3.8, 4) is 0 Å². The van der Waals surface area contributed by atoms with Gasteiger partial charge in [-0.05, 0) is 25.2 Å². The third kappa shape index (κ3) is 1.13. The molecule has 0 aromatic carbocycles. The first kappa shape index (κ1) is 9.56. The minimum Gasteiger partial charge on any atom is -0.469 e. The zero-order valence-corrected chi connectivity index (χ0v) is 8.44. The number of hydrogen-bond donors (Lipinski definition) is 0. The Labute approximate surface area is 74.3 Å². The Hall–Kier alpha value is -0.530. The van der Waals surface area contributed by atoms with Crippen LogP contribution in [0.2, 0.25) is 0 Å². The topological polar surface area (TPSA) is 26.3 Å². The molecule has 1 unspecified atom stereocenters. The fourth-order valence-corrected chi connectivity index (χ4v) is 2.10. The van der Waals surface area contributed by atoms with E-state index in [2.05, 4.69) is 13.8 Å². The van der Waals surface area contributed by atoms with Crippen molar-refractivity contribution in [3.63, 3.8) is 0 Å². The van der Waals surface area contributed by atoms with E-state index in [0.29, 0.717) is 0 Å². The highest BCUT2D eigenvalue weighted by Gasteiger charge is 2.51. The molecule has 2 heteroatoms. The third-order valence-electron chi connectivity index (χ3n) is 3.61. The Kier molecular flexibility index (Phi) is 2.19. The van der Waals surface area contributed by atoms with E-state index in [9.17, 15) is 4.79 Å². The van der Waals surface area contributed by atoms with Crippen LogP contribution in [0.15, 0.2) is 0 Å². The van der Waals surface area contributed by atoms with Crippen molar-refractivity contribution in [1.82, 2.24) is 0 Å². The Morgan fingerprint density at radius 3 is 2.17 bits per heavy atom. The summed E-state index contributed by atoms with van der Waals surface area (Å²) in [5, 5.41) is 0. The van der Waals surface area contributed by atoms with Gasteiger partial charge in [-0.25, -0.2) is 0 Å². The van der Waals surface area contributed by atoms with Crippen LogP contribution in [0.3, 0.4) is 0 Å². The van der Waals surface area contributed by atoms with Crippen LogP contribution in [0.4, 0.5) is 0 Å². The standard InChI is InChI=1S/C10H18O2/c1-9(2)6-5-7-10(9,3)8(11)12-4/h5-7H2,1-4H3. The summed E-state index contributed by atoms with van der Waals surface area (Å²) < 4.78 is 4.83. The maximum Gasteiger partial charge on any atom is 0.312 e. The molecule has 0 radical (unpaired) electrons. The lowest BCUT2D eigenvalue weighted by Gasteiger charge is -2.35. The van der Waals surface area contributed by atoms with Gasteiger partial charge in [0.1, 0.15) is 0 Å². The fourth-order valence-electron chi connectivity index (χ4n) is 2.10. The third-order valence-corrected chi connectivity index (χ3v) is 3.61. The smallest absolute Gasteiger partial charge is 0.312 e. The predicted molar refractivity (Wildman–Crippen MR) is 47.8 cm³/mol. The molecule has 1 fully saturated rings. The maximum atomic E-state index is 11.5. The number of carbonyl (C=O) groups is 1. The second-order valence-electron chi connectivity index (χ2n) is 4.56. The van der Waals surface area contributed by atoms with E-state index in [0.717, 1.165) is 19.3 Å². The predicted octanol–water partition coefficient (Wildman–Crippen LogP) is 2.38. The van der Waals surface area contributed by atoms with Gasteiger partial charge in [0.05, 0.1) is 12.5 Å². The summed E-state index contributed by atoms with van der Waals surface area (Å²) in [4.78, 5) is 11.5. The van der Waals surface area contributed by atoms with Crippen LogP contribution in [0, 0.1) is 10.8 Å². The average Bonchev–Trinajstić information content (AvgIpc) is 2.26. The first-order valence-electron chi connectivity index (χ1n) is 4.52. The van der Waals surface area contributed by atoms with Crippen LogP contribution < -0.4 is 0 Å².